The molecule has 0 fully saturated rings. The van der Waals surface area contributed by atoms with Gasteiger partial charge in [-0.3, -0.25) is 14.3 Å². The summed E-state index contributed by atoms with van der Waals surface area (Å²) in [6.45, 7) is -0.153. The zero-order valence-electron chi connectivity index (χ0n) is 12.8. The van der Waals surface area contributed by atoms with Crippen molar-refractivity contribution in [3.8, 4) is 5.69 Å². The van der Waals surface area contributed by atoms with Crippen LogP contribution in [0.15, 0.2) is 45.1 Å². The number of hydrogen-bond donors (Lipinski definition) is 2. The van der Waals surface area contributed by atoms with E-state index in [4.69, 9.17) is 16.7 Å². The van der Waals surface area contributed by atoms with Crippen LogP contribution in [0.25, 0.3) is 5.69 Å². The molecule has 3 aromatic rings. The summed E-state index contributed by atoms with van der Waals surface area (Å²) in [6.07, 6.45) is 2.17. The number of nitrogens with one attached hydrogen (secondary N) is 1. The fourth-order valence-electron chi connectivity index (χ4n) is 2.11. The fourth-order valence-corrected chi connectivity index (χ4v) is 2.99. The molecule has 0 unspecified atom stereocenters. The number of aromatic nitrogens is 5. The van der Waals surface area contributed by atoms with Gasteiger partial charge in [-0.05, 0) is 18.2 Å². The highest BCUT2D eigenvalue weighted by Gasteiger charge is 2.13. The summed E-state index contributed by atoms with van der Waals surface area (Å²) in [4.78, 5) is 24.3. The second-order valence-corrected chi connectivity index (χ2v) is 7.15. The van der Waals surface area contributed by atoms with E-state index < -0.39 is 27.1 Å². The molecular weight excluding hydrogens is 391 g/mol. The molecule has 0 saturated carbocycles. The van der Waals surface area contributed by atoms with Crippen LogP contribution in [-0.2, 0) is 16.6 Å². The second kappa shape index (κ2) is 6.48. The molecule has 0 bridgehead atoms. The molecule has 0 aliphatic rings. The average molecular weight is 401 g/mol. The topological polar surface area (TPSA) is 146 Å². The zero-order chi connectivity index (χ0) is 19.1. The highest BCUT2D eigenvalue weighted by Crippen LogP contribution is 2.23. The lowest BCUT2D eigenvalue weighted by Crippen LogP contribution is -2.31. The molecule has 0 atom stereocenters. The SMILES string of the molecule is NS(=O)(=O)c1ccc(-n2cc(Cn3cc(F)c(=O)[nH]c3=O)nn2)c(Cl)c1. The van der Waals surface area contributed by atoms with E-state index in [0.29, 0.717) is 5.69 Å². The Balaban J connectivity index is 1.93. The zero-order valence-corrected chi connectivity index (χ0v) is 14.3. The molecule has 3 N–H and O–H groups in total. The summed E-state index contributed by atoms with van der Waals surface area (Å²) in [5, 5.41) is 12.7. The third-order valence-corrected chi connectivity index (χ3v) is 4.55. The number of nitrogens with two attached hydrogens (primary N) is 1. The van der Waals surface area contributed by atoms with E-state index in [1.807, 2.05) is 4.98 Å². The van der Waals surface area contributed by atoms with Crippen molar-refractivity contribution in [3.63, 3.8) is 0 Å². The quantitative estimate of drug-likeness (QED) is 0.609. The maximum Gasteiger partial charge on any atom is 0.328 e. The lowest BCUT2D eigenvalue weighted by molar-refractivity contribution is 0.563. The van der Waals surface area contributed by atoms with E-state index in [0.717, 1.165) is 16.8 Å². The van der Waals surface area contributed by atoms with Gasteiger partial charge in [-0.15, -0.1) is 5.10 Å². The number of nitrogens with zero attached hydrogens (tertiary/aromatic N) is 4. The minimum absolute atomic E-state index is 0.0558. The highest BCUT2D eigenvalue weighted by molar-refractivity contribution is 7.89. The van der Waals surface area contributed by atoms with E-state index in [2.05, 4.69) is 10.3 Å². The van der Waals surface area contributed by atoms with Crippen LogP contribution < -0.4 is 16.4 Å². The van der Waals surface area contributed by atoms with E-state index in [1.165, 1.54) is 23.0 Å². The molecule has 0 aliphatic carbocycles. The first-order valence-corrected chi connectivity index (χ1v) is 8.81. The Bertz CT molecular complexity index is 1220. The number of sulfonamides is 1. The molecule has 0 saturated heterocycles. The molecule has 10 nitrogen and oxygen atoms in total. The van der Waals surface area contributed by atoms with Crippen LogP contribution in [0, 0.1) is 5.82 Å². The summed E-state index contributed by atoms with van der Waals surface area (Å²) >= 11 is 6.05. The van der Waals surface area contributed by atoms with Crippen LogP contribution in [0.1, 0.15) is 5.69 Å². The third kappa shape index (κ3) is 3.56. The van der Waals surface area contributed by atoms with Crippen LogP contribution in [0.5, 0.6) is 0 Å². The van der Waals surface area contributed by atoms with Crippen LogP contribution >= 0.6 is 11.6 Å². The van der Waals surface area contributed by atoms with E-state index in [9.17, 15) is 22.4 Å². The summed E-state index contributed by atoms with van der Waals surface area (Å²) in [5.41, 5.74) is -1.33. The van der Waals surface area contributed by atoms with E-state index >= 15 is 0 Å². The van der Waals surface area contributed by atoms with Crippen LogP contribution in [-0.4, -0.2) is 33.0 Å². The van der Waals surface area contributed by atoms with Crippen molar-refractivity contribution in [3.05, 3.63) is 68.0 Å². The highest BCUT2D eigenvalue weighted by atomic mass is 35.5. The first-order valence-electron chi connectivity index (χ1n) is 6.88. The van der Waals surface area contributed by atoms with Crippen molar-refractivity contribution in [1.82, 2.24) is 24.5 Å². The lowest BCUT2D eigenvalue weighted by Gasteiger charge is -2.05. The molecule has 13 heteroatoms. The van der Waals surface area contributed by atoms with Gasteiger partial charge in [0.05, 0.1) is 34.5 Å². The maximum absolute atomic E-state index is 13.3. The number of halogens is 2. The molecule has 2 aromatic heterocycles. The molecule has 1 aromatic carbocycles. The monoisotopic (exact) mass is 400 g/mol. The first-order chi connectivity index (χ1) is 12.1. The smallest absolute Gasteiger partial charge is 0.292 e. The first kappa shape index (κ1) is 18.0. The Morgan fingerprint density at radius 1 is 1.27 bits per heavy atom. The summed E-state index contributed by atoms with van der Waals surface area (Å²) in [7, 11) is -3.90. The van der Waals surface area contributed by atoms with Crippen LogP contribution in [0.4, 0.5) is 4.39 Å². The van der Waals surface area contributed by atoms with Gasteiger partial charge >= 0.3 is 5.69 Å². The molecular formula is C13H10ClFN6O4S. The van der Waals surface area contributed by atoms with Crippen molar-refractivity contribution in [1.29, 1.82) is 0 Å². The molecule has 3 rings (SSSR count). The Morgan fingerprint density at radius 2 is 2.00 bits per heavy atom. The van der Waals surface area contributed by atoms with Gasteiger partial charge in [-0.25, -0.2) is 23.0 Å². The minimum atomic E-state index is -3.90. The van der Waals surface area contributed by atoms with Crippen molar-refractivity contribution >= 4 is 21.6 Å². The maximum atomic E-state index is 13.3. The van der Waals surface area contributed by atoms with Crippen LogP contribution in [0.3, 0.4) is 0 Å². The largest absolute Gasteiger partial charge is 0.328 e. The predicted molar refractivity (Wildman–Crippen MR) is 88.1 cm³/mol. The Hall–Kier alpha value is -2.83. The van der Waals surface area contributed by atoms with Crippen LogP contribution in [0.2, 0.25) is 5.02 Å². The Morgan fingerprint density at radius 3 is 2.65 bits per heavy atom. The molecule has 0 amide bonds. The minimum Gasteiger partial charge on any atom is -0.292 e. The number of hydrogen-bond acceptors (Lipinski definition) is 6. The standard InChI is InChI=1S/C13H10ClFN6O4S/c14-9-3-8(26(16,24)25)1-2-11(9)21-5-7(18-19-21)4-20-6-10(15)12(22)17-13(20)23/h1-3,5-6H,4H2,(H2,16,24,25)(H,17,22,23). The van der Waals surface area contributed by atoms with Gasteiger partial charge in [0.2, 0.25) is 15.8 Å². The number of H-pyrrole nitrogens is 1. The molecule has 0 radical (unpaired) electrons. The normalized spacial score (nSPS) is 11.7. The van der Waals surface area contributed by atoms with Gasteiger partial charge in [-0.1, -0.05) is 16.8 Å². The number of aromatic amines is 1. The van der Waals surface area contributed by atoms with Crippen molar-refractivity contribution in [2.24, 2.45) is 5.14 Å². The molecule has 136 valence electrons. The van der Waals surface area contributed by atoms with Gasteiger partial charge in [-0.2, -0.15) is 4.39 Å². The van der Waals surface area contributed by atoms with E-state index in [-0.39, 0.29) is 22.2 Å². The molecule has 0 aliphatic heterocycles. The summed E-state index contributed by atoms with van der Waals surface area (Å²) in [5.74, 6) is -1.11. The van der Waals surface area contributed by atoms with Crippen molar-refractivity contribution in [2.75, 3.05) is 0 Å². The second-order valence-electron chi connectivity index (χ2n) is 5.18. The van der Waals surface area contributed by atoms with Crippen molar-refractivity contribution in [2.45, 2.75) is 11.4 Å². The number of primary sulfonamides is 1. The molecule has 26 heavy (non-hydrogen) atoms. The number of rotatable bonds is 4. The molecule has 0 spiro atoms. The van der Waals surface area contributed by atoms with E-state index in [1.54, 1.807) is 0 Å². The summed E-state index contributed by atoms with van der Waals surface area (Å²) in [6, 6.07) is 3.79. The Labute approximate surface area is 149 Å². The molecule has 2 heterocycles. The summed E-state index contributed by atoms with van der Waals surface area (Å²) < 4.78 is 38.1. The predicted octanol–water partition coefficient (Wildman–Crippen LogP) is -0.395. The fraction of sp³-hybridized carbons (Fsp3) is 0.0769. The van der Waals surface area contributed by atoms with Gasteiger partial charge in [0.25, 0.3) is 5.56 Å². The Kier molecular flexibility index (Phi) is 4.48. The van der Waals surface area contributed by atoms with Gasteiger partial charge < -0.3 is 0 Å². The van der Waals surface area contributed by atoms with Gasteiger partial charge in [0.15, 0.2) is 0 Å². The van der Waals surface area contributed by atoms with Crippen molar-refractivity contribution < 1.29 is 12.8 Å². The van der Waals surface area contributed by atoms with Gasteiger partial charge in [0, 0.05) is 0 Å². The lowest BCUT2D eigenvalue weighted by atomic mass is 10.3. The van der Waals surface area contributed by atoms with Gasteiger partial charge in [0.1, 0.15) is 5.69 Å². The third-order valence-electron chi connectivity index (χ3n) is 3.34. The average Bonchev–Trinajstić information content (AvgIpc) is 3.00. The number of benzene rings is 1.